The maximum Gasteiger partial charge on any atom is 0.118 e. The van der Waals surface area contributed by atoms with E-state index in [-0.39, 0.29) is 0 Å². The Morgan fingerprint density at radius 3 is 2.68 bits per heavy atom. The zero-order valence-corrected chi connectivity index (χ0v) is 12.3. The first-order chi connectivity index (χ1) is 9.31. The van der Waals surface area contributed by atoms with Gasteiger partial charge in [0.15, 0.2) is 0 Å². The summed E-state index contributed by atoms with van der Waals surface area (Å²) in [4.78, 5) is 0. The van der Waals surface area contributed by atoms with Gasteiger partial charge >= 0.3 is 0 Å². The highest BCUT2D eigenvalue weighted by molar-refractivity contribution is 5.27. The fraction of sp³-hybridized carbons (Fsp3) is 0.647. The number of rotatable bonds is 6. The van der Waals surface area contributed by atoms with E-state index in [1.165, 1.54) is 37.7 Å². The molecule has 19 heavy (non-hydrogen) atoms. The molecule has 0 heterocycles. The van der Waals surface area contributed by atoms with E-state index < -0.39 is 0 Å². The average molecular weight is 261 g/mol. The zero-order chi connectivity index (χ0) is 13.5. The average Bonchev–Trinajstić information content (AvgIpc) is 2.48. The molecule has 106 valence electrons. The SMILES string of the molecule is CCC1CCCC(NCCc2ccc(OC)cc2)C1. The number of ether oxygens (including phenoxy) is 1. The summed E-state index contributed by atoms with van der Waals surface area (Å²) in [5.74, 6) is 1.89. The predicted molar refractivity (Wildman–Crippen MR) is 80.7 cm³/mol. The highest BCUT2D eigenvalue weighted by atomic mass is 16.5. The van der Waals surface area contributed by atoms with Crippen molar-refractivity contribution in [2.24, 2.45) is 5.92 Å². The topological polar surface area (TPSA) is 21.3 Å². The molecule has 1 aliphatic rings. The first-order valence-corrected chi connectivity index (χ1v) is 7.68. The Kier molecular flexibility index (Phi) is 5.71. The van der Waals surface area contributed by atoms with Crippen molar-refractivity contribution in [3.63, 3.8) is 0 Å². The summed E-state index contributed by atoms with van der Waals surface area (Å²) < 4.78 is 5.18. The fourth-order valence-corrected chi connectivity index (χ4v) is 3.06. The van der Waals surface area contributed by atoms with Crippen LogP contribution in [0.3, 0.4) is 0 Å². The number of nitrogens with one attached hydrogen (secondary N) is 1. The van der Waals surface area contributed by atoms with Crippen molar-refractivity contribution in [1.29, 1.82) is 0 Å². The van der Waals surface area contributed by atoms with Crippen LogP contribution in [0.5, 0.6) is 5.75 Å². The summed E-state index contributed by atoms with van der Waals surface area (Å²) in [5, 5.41) is 3.73. The van der Waals surface area contributed by atoms with Gasteiger partial charge in [0.2, 0.25) is 0 Å². The lowest BCUT2D eigenvalue weighted by Gasteiger charge is -2.29. The third kappa shape index (κ3) is 4.54. The lowest BCUT2D eigenvalue weighted by molar-refractivity contribution is 0.280. The van der Waals surface area contributed by atoms with E-state index in [2.05, 4.69) is 24.4 Å². The molecule has 0 amide bonds. The van der Waals surface area contributed by atoms with Gasteiger partial charge in [-0.2, -0.15) is 0 Å². The molecule has 1 aromatic rings. The molecule has 1 aliphatic carbocycles. The van der Waals surface area contributed by atoms with E-state index in [0.717, 1.165) is 30.7 Å². The molecule has 0 radical (unpaired) electrons. The molecule has 2 nitrogen and oxygen atoms in total. The molecular weight excluding hydrogens is 234 g/mol. The lowest BCUT2D eigenvalue weighted by atomic mass is 9.84. The molecule has 0 saturated heterocycles. The van der Waals surface area contributed by atoms with Crippen molar-refractivity contribution in [2.45, 2.75) is 51.5 Å². The molecule has 0 aliphatic heterocycles. The number of methoxy groups -OCH3 is 1. The first-order valence-electron chi connectivity index (χ1n) is 7.68. The normalized spacial score (nSPS) is 23.3. The Hall–Kier alpha value is -1.02. The third-order valence-corrected chi connectivity index (χ3v) is 4.37. The summed E-state index contributed by atoms with van der Waals surface area (Å²) in [6.07, 6.45) is 8.03. The maximum absolute atomic E-state index is 5.18. The Morgan fingerprint density at radius 2 is 2.00 bits per heavy atom. The van der Waals surface area contributed by atoms with Crippen molar-refractivity contribution in [2.75, 3.05) is 13.7 Å². The summed E-state index contributed by atoms with van der Waals surface area (Å²) in [5.41, 5.74) is 1.39. The quantitative estimate of drug-likeness (QED) is 0.841. The molecule has 0 aromatic heterocycles. The van der Waals surface area contributed by atoms with Crippen molar-refractivity contribution >= 4 is 0 Å². The van der Waals surface area contributed by atoms with Crippen LogP contribution < -0.4 is 10.1 Å². The van der Waals surface area contributed by atoms with E-state index in [9.17, 15) is 0 Å². The van der Waals surface area contributed by atoms with Crippen LogP contribution in [0.1, 0.15) is 44.6 Å². The third-order valence-electron chi connectivity index (χ3n) is 4.37. The van der Waals surface area contributed by atoms with Crippen LogP contribution in [0.15, 0.2) is 24.3 Å². The maximum atomic E-state index is 5.18. The molecule has 1 fully saturated rings. The van der Waals surface area contributed by atoms with Gasteiger partial charge in [0, 0.05) is 6.04 Å². The molecule has 1 aromatic carbocycles. The monoisotopic (exact) mass is 261 g/mol. The van der Waals surface area contributed by atoms with Gasteiger partial charge in [0.25, 0.3) is 0 Å². The second-order valence-electron chi connectivity index (χ2n) is 5.69. The van der Waals surface area contributed by atoms with Gasteiger partial charge in [-0.05, 0) is 49.4 Å². The van der Waals surface area contributed by atoms with E-state index in [1.54, 1.807) is 7.11 Å². The van der Waals surface area contributed by atoms with E-state index in [0.29, 0.717) is 0 Å². The lowest BCUT2D eigenvalue weighted by Crippen LogP contribution is -2.35. The fourth-order valence-electron chi connectivity index (χ4n) is 3.06. The standard InChI is InChI=1S/C17H27NO/c1-3-14-5-4-6-16(13-14)18-12-11-15-7-9-17(19-2)10-8-15/h7-10,14,16,18H,3-6,11-13H2,1-2H3. The Bertz CT molecular complexity index is 360. The van der Waals surface area contributed by atoms with Crippen molar-refractivity contribution in [3.8, 4) is 5.75 Å². The Labute approximate surface area is 117 Å². The van der Waals surface area contributed by atoms with Crippen LogP contribution in [0.25, 0.3) is 0 Å². The summed E-state index contributed by atoms with van der Waals surface area (Å²) in [7, 11) is 1.71. The van der Waals surface area contributed by atoms with Crippen LogP contribution in [-0.4, -0.2) is 19.7 Å². The van der Waals surface area contributed by atoms with Gasteiger partial charge in [-0.3, -0.25) is 0 Å². The minimum atomic E-state index is 0.747. The van der Waals surface area contributed by atoms with Gasteiger partial charge in [-0.15, -0.1) is 0 Å². The minimum Gasteiger partial charge on any atom is -0.497 e. The van der Waals surface area contributed by atoms with Crippen LogP contribution in [0.4, 0.5) is 0 Å². The van der Waals surface area contributed by atoms with Gasteiger partial charge in [-0.25, -0.2) is 0 Å². The molecule has 0 bridgehead atoms. The zero-order valence-electron chi connectivity index (χ0n) is 12.3. The van der Waals surface area contributed by atoms with Crippen molar-refractivity contribution in [1.82, 2.24) is 5.32 Å². The van der Waals surface area contributed by atoms with Gasteiger partial charge in [0.05, 0.1) is 7.11 Å². The summed E-state index contributed by atoms with van der Waals surface area (Å²) >= 11 is 0. The van der Waals surface area contributed by atoms with Gasteiger partial charge in [0.1, 0.15) is 5.75 Å². The Morgan fingerprint density at radius 1 is 1.21 bits per heavy atom. The molecule has 1 N–H and O–H groups in total. The Balaban J connectivity index is 1.70. The first kappa shape index (κ1) is 14.4. The van der Waals surface area contributed by atoms with Gasteiger partial charge in [-0.1, -0.05) is 38.3 Å². The minimum absolute atomic E-state index is 0.747. The molecule has 2 atom stereocenters. The number of benzene rings is 1. The van der Waals surface area contributed by atoms with Crippen LogP contribution in [0, 0.1) is 5.92 Å². The number of hydrogen-bond donors (Lipinski definition) is 1. The number of hydrogen-bond acceptors (Lipinski definition) is 2. The van der Waals surface area contributed by atoms with Crippen molar-refractivity contribution in [3.05, 3.63) is 29.8 Å². The summed E-state index contributed by atoms with van der Waals surface area (Å²) in [6.45, 7) is 3.41. The molecule has 2 rings (SSSR count). The summed E-state index contributed by atoms with van der Waals surface area (Å²) in [6, 6.07) is 9.16. The van der Waals surface area contributed by atoms with Crippen LogP contribution in [0.2, 0.25) is 0 Å². The highest BCUT2D eigenvalue weighted by Gasteiger charge is 2.19. The highest BCUT2D eigenvalue weighted by Crippen LogP contribution is 2.26. The molecule has 2 heteroatoms. The molecule has 2 unspecified atom stereocenters. The van der Waals surface area contributed by atoms with Crippen molar-refractivity contribution < 1.29 is 4.74 Å². The van der Waals surface area contributed by atoms with E-state index in [4.69, 9.17) is 4.74 Å². The molecule has 0 spiro atoms. The molecule has 1 saturated carbocycles. The second-order valence-corrected chi connectivity index (χ2v) is 5.69. The van der Waals surface area contributed by atoms with E-state index in [1.807, 2.05) is 12.1 Å². The molecular formula is C17H27NO. The predicted octanol–water partition coefficient (Wildman–Crippen LogP) is 3.80. The van der Waals surface area contributed by atoms with Gasteiger partial charge < -0.3 is 10.1 Å². The van der Waals surface area contributed by atoms with E-state index >= 15 is 0 Å². The second kappa shape index (κ2) is 7.54. The smallest absolute Gasteiger partial charge is 0.118 e. The largest absolute Gasteiger partial charge is 0.497 e. The van der Waals surface area contributed by atoms with Crippen LogP contribution in [-0.2, 0) is 6.42 Å². The van der Waals surface area contributed by atoms with Crippen LogP contribution >= 0.6 is 0 Å².